The van der Waals surface area contributed by atoms with Gasteiger partial charge >= 0.3 is 0 Å². The molecule has 0 saturated carbocycles. The number of rotatable bonds is 6. The number of hydrogen-bond acceptors (Lipinski definition) is 5. The number of amides is 1. The van der Waals surface area contributed by atoms with Crippen LogP contribution in [0.1, 0.15) is 23.4 Å². The minimum absolute atomic E-state index is 0.259. The third-order valence-electron chi connectivity index (χ3n) is 5.97. The first-order valence-corrected chi connectivity index (χ1v) is 11.9. The van der Waals surface area contributed by atoms with E-state index in [2.05, 4.69) is 39.8 Å². The van der Waals surface area contributed by atoms with Crippen LogP contribution in [0.2, 0.25) is 5.02 Å². The molecule has 1 fully saturated rings. The zero-order valence-electron chi connectivity index (χ0n) is 19.2. The molecule has 7 nitrogen and oxygen atoms in total. The van der Waals surface area contributed by atoms with Crippen molar-refractivity contribution in [2.24, 2.45) is 0 Å². The quantitative estimate of drug-likeness (QED) is 0.387. The molecule has 34 heavy (non-hydrogen) atoms. The van der Waals surface area contributed by atoms with Gasteiger partial charge in [-0.3, -0.25) is 4.79 Å². The SMILES string of the molecule is CN1CCC(N(C)c2ccc(NC(=S)Nc3ccc(NC(=O)c4ccco4)cc3)cc2Cl)CC1. The number of anilines is 4. The lowest BCUT2D eigenvalue weighted by atomic mass is 10.0. The summed E-state index contributed by atoms with van der Waals surface area (Å²) in [6.07, 6.45) is 3.72. The smallest absolute Gasteiger partial charge is 0.291 e. The Bertz CT molecular complexity index is 1130. The van der Waals surface area contributed by atoms with E-state index in [-0.39, 0.29) is 11.7 Å². The second kappa shape index (κ2) is 10.9. The summed E-state index contributed by atoms with van der Waals surface area (Å²) < 4.78 is 5.10. The van der Waals surface area contributed by atoms with Crippen molar-refractivity contribution < 1.29 is 9.21 Å². The largest absolute Gasteiger partial charge is 0.459 e. The topological polar surface area (TPSA) is 72.8 Å². The molecule has 1 amide bonds. The van der Waals surface area contributed by atoms with Gasteiger partial charge in [-0.1, -0.05) is 11.6 Å². The predicted molar refractivity (Wildman–Crippen MR) is 143 cm³/mol. The van der Waals surface area contributed by atoms with Crippen LogP contribution >= 0.6 is 23.8 Å². The van der Waals surface area contributed by atoms with Crippen LogP contribution < -0.4 is 20.9 Å². The first-order valence-electron chi connectivity index (χ1n) is 11.1. The van der Waals surface area contributed by atoms with Crippen molar-refractivity contribution in [2.45, 2.75) is 18.9 Å². The summed E-state index contributed by atoms with van der Waals surface area (Å²) in [6.45, 7) is 2.20. The molecule has 0 radical (unpaired) electrons. The van der Waals surface area contributed by atoms with E-state index >= 15 is 0 Å². The number of carbonyl (C=O) groups is 1. The van der Waals surface area contributed by atoms with Gasteiger partial charge in [-0.2, -0.15) is 0 Å². The second-order valence-corrected chi connectivity index (χ2v) is 9.21. The summed E-state index contributed by atoms with van der Waals surface area (Å²) in [7, 11) is 4.27. The number of nitrogens with zero attached hydrogens (tertiary/aromatic N) is 2. The predicted octanol–water partition coefficient (Wildman–Crippen LogP) is 5.52. The molecule has 3 aromatic rings. The Hall–Kier alpha value is -3.07. The van der Waals surface area contributed by atoms with Gasteiger partial charge in [0.2, 0.25) is 0 Å². The summed E-state index contributed by atoms with van der Waals surface area (Å²) in [6, 6.07) is 16.9. The molecule has 178 valence electrons. The average molecular weight is 498 g/mol. The Labute approximate surface area is 210 Å². The number of benzene rings is 2. The van der Waals surface area contributed by atoms with Crippen LogP contribution in [-0.4, -0.2) is 49.1 Å². The highest BCUT2D eigenvalue weighted by Gasteiger charge is 2.22. The van der Waals surface area contributed by atoms with Crippen molar-refractivity contribution in [3.63, 3.8) is 0 Å². The zero-order chi connectivity index (χ0) is 24.1. The third-order valence-corrected chi connectivity index (χ3v) is 6.47. The molecule has 0 atom stereocenters. The lowest BCUT2D eigenvalue weighted by Gasteiger charge is -2.36. The highest BCUT2D eigenvalue weighted by molar-refractivity contribution is 7.80. The summed E-state index contributed by atoms with van der Waals surface area (Å²) >= 11 is 12.1. The number of piperidine rings is 1. The lowest BCUT2D eigenvalue weighted by Crippen LogP contribution is -2.42. The number of likely N-dealkylation sites (tertiary alicyclic amines) is 1. The van der Waals surface area contributed by atoms with Gasteiger partial charge in [0.25, 0.3) is 5.91 Å². The lowest BCUT2D eigenvalue weighted by molar-refractivity contribution is 0.0996. The maximum Gasteiger partial charge on any atom is 0.291 e. The number of furan rings is 1. The van der Waals surface area contributed by atoms with Crippen LogP contribution in [0.15, 0.2) is 65.3 Å². The van der Waals surface area contributed by atoms with E-state index in [1.807, 2.05) is 30.3 Å². The minimum Gasteiger partial charge on any atom is -0.459 e. The van der Waals surface area contributed by atoms with Crippen molar-refractivity contribution in [3.8, 4) is 0 Å². The van der Waals surface area contributed by atoms with E-state index in [9.17, 15) is 4.79 Å². The average Bonchev–Trinajstić information content (AvgIpc) is 3.36. The molecular formula is C25H28ClN5O2S. The molecular weight excluding hydrogens is 470 g/mol. The van der Waals surface area contributed by atoms with Crippen molar-refractivity contribution in [1.29, 1.82) is 0 Å². The summed E-state index contributed by atoms with van der Waals surface area (Å²) in [5, 5.41) is 10.2. The van der Waals surface area contributed by atoms with Gasteiger partial charge in [0.05, 0.1) is 17.0 Å². The fourth-order valence-corrected chi connectivity index (χ4v) is 4.53. The summed E-state index contributed by atoms with van der Waals surface area (Å²) in [5.41, 5.74) is 3.28. The first-order chi connectivity index (χ1) is 16.4. The molecule has 1 saturated heterocycles. The number of nitrogens with one attached hydrogen (secondary N) is 3. The van der Waals surface area contributed by atoms with Gasteiger partial charge in [-0.15, -0.1) is 0 Å². The van der Waals surface area contributed by atoms with Crippen molar-refractivity contribution in [3.05, 3.63) is 71.6 Å². The standard InChI is InChI=1S/C25H28ClN5O2S/c1-30-13-11-20(12-14-30)31(2)22-10-9-19(16-21(22)26)29-25(34)28-18-7-5-17(6-8-18)27-24(32)23-4-3-15-33-23/h3-10,15-16,20H,11-14H2,1-2H3,(H,27,32)(H2,28,29,34). The van der Waals surface area contributed by atoms with Crippen LogP contribution in [0, 0.1) is 0 Å². The molecule has 1 aliphatic heterocycles. The van der Waals surface area contributed by atoms with Crippen molar-refractivity contribution >= 4 is 57.6 Å². The van der Waals surface area contributed by atoms with Crippen LogP contribution in [0.25, 0.3) is 0 Å². The highest BCUT2D eigenvalue weighted by Crippen LogP contribution is 2.31. The van der Waals surface area contributed by atoms with Crippen LogP contribution in [0.5, 0.6) is 0 Å². The van der Waals surface area contributed by atoms with Crippen molar-refractivity contribution in [1.82, 2.24) is 4.90 Å². The molecule has 0 aliphatic carbocycles. The first kappa shape index (κ1) is 24.1. The van der Waals surface area contributed by atoms with E-state index in [1.165, 1.54) is 6.26 Å². The molecule has 0 unspecified atom stereocenters. The Balaban J connectivity index is 1.31. The van der Waals surface area contributed by atoms with Gasteiger partial charge in [-0.25, -0.2) is 0 Å². The van der Waals surface area contributed by atoms with Crippen LogP contribution in [-0.2, 0) is 0 Å². The van der Waals surface area contributed by atoms with Gasteiger partial charge in [0, 0.05) is 30.2 Å². The fraction of sp³-hybridized carbons (Fsp3) is 0.280. The Morgan fingerprint density at radius 2 is 1.65 bits per heavy atom. The van der Waals surface area contributed by atoms with E-state index in [1.54, 1.807) is 24.3 Å². The van der Waals surface area contributed by atoms with E-state index in [0.717, 1.165) is 43.0 Å². The van der Waals surface area contributed by atoms with E-state index in [0.29, 0.717) is 21.9 Å². The minimum atomic E-state index is -0.301. The zero-order valence-corrected chi connectivity index (χ0v) is 20.7. The molecule has 2 heterocycles. The molecule has 1 aliphatic rings. The number of halogens is 1. The molecule has 0 bridgehead atoms. The molecule has 0 spiro atoms. The fourth-order valence-electron chi connectivity index (χ4n) is 3.98. The van der Waals surface area contributed by atoms with Crippen LogP contribution in [0.3, 0.4) is 0 Å². The van der Waals surface area contributed by atoms with E-state index < -0.39 is 0 Å². The van der Waals surface area contributed by atoms with Crippen LogP contribution in [0.4, 0.5) is 22.7 Å². The van der Waals surface area contributed by atoms with Gasteiger partial charge in [0.15, 0.2) is 10.9 Å². The maximum absolute atomic E-state index is 12.1. The Morgan fingerprint density at radius 1 is 1.03 bits per heavy atom. The second-order valence-electron chi connectivity index (χ2n) is 8.40. The molecule has 4 rings (SSSR count). The van der Waals surface area contributed by atoms with Crippen molar-refractivity contribution in [2.75, 3.05) is 48.0 Å². The molecule has 3 N–H and O–H groups in total. The summed E-state index contributed by atoms with van der Waals surface area (Å²) in [4.78, 5) is 16.7. The highest BCUT2D eigenvalue weighted by atomic mass is 35.5. The molecule has 9 heteroatoms. The third kappa shape index (κ3) is 6.08. The normalized spacial score (nSPS) is 14.4. The number of hydrogen-bond donors (Lipinski definition) is 3. The van der Waals surface area contributed by atoms with Gasteiger partial charge < -0.3 is 30.2 Å². The maximum atomic E-state index is 12.1. The summed E-state index contributed by atoms with van der Waals surface area (Å²) in [5.74, 6) is -0.0421. The molecule has 1 aromatic heterocycles. The number of thiocarbonyl (C=S) groups is 1. The Kier molecular flexibility index (Phi) is 7.72. The number of carbonyl (C=O) groups excluding carboxylic acids is 1. The monoisotopic (exact) mass is 497 g/mol. The van der Waals surface area contributed by atoms with Gasteiger partial charge in [0.1, 0.15) is 0 Å². The van der Waals surface area contributed by atoms with Gasteiger partial charge in [-0.05, 0) is 99.8 Å². The Morgan fingerprint density at radius 3 is 2.26 bits per heavy atom. The van der Waals surface area contributed by atoms with E-state index in [4.69, 9.17) is 28.2 Å². The molecule has 2 aromatic carbocycles.